The van der Waals surface area contributed by atoms with Crippen LogP contribution in [0.5, 0.6) is 11.5 Å². The minimum absolute atomic E-state index is 0.105. The number of halogens is 3. The monoisotopic (exact) mass is 1070 g/mol. The maximum Gasteiger partial charge on any atom is 0.261 e. The van der Waals surface area contributed by atoms with E-state index >= 15 is 0 Å². The van der Waals surface area contributed by atoms with Crippen molar-refractivity contribution in [3.05, 3.63) is 109 Å². The Kier molecular flexibility index (Phi) is 20.9. The number of nitrogens with zero attached hydrogens (tertiary/aromatic N) is 9. The molecule has 1 amide bonds. The maximum absolute atomic E-state index is 13.5. The van der Waals surface area contributed by atoms with Gasteiger partial charge < -0.3 is 15.2 Å². The van der Waals surface area contributed by atoms with E-state index in [2.05, 4.69) is 71.6 Å². The molecule has 72 heavy (non-hydrogen) atoms. The number of benzene rings is 2. The van der Waals surface area contributed by atoms with E-state index in [1.165, 1.54) is 62.3 Å². The van der Waals surface area contributed by atoms with Crippen molar-refractivity contribution in [2.24, 2.45) is 0 Å². The summed E-state index contributed by atoms with van der Waals surface area (Å²) in [4.78, 5) is 26.5. The van der Waals surface area contributed by atoms with Crippen LogP contribution in [0.2, 0.25) is 15.1 Å². The van der Waals surface area contributed by atoms with Crippen molar-refractivity contribution in [3.63, 3.8) is 0 Å². The predicted octanol–water partition coefficient (Wildman–Crippen LogP) is 11.1. The second-order valence-electron chi connectivity index (χ2n) is 18.4. The summed E-state index contributed by atoms with van der Waals surface area (Å²) in [6, 6.07) is 15.0. The van der Waals surface area contributed by atoms with Crippen molar-refractivity contribution >= 4 is 68.7 Å². The van der Waals surface area contributed by atoms with Crippen molar-refractivity contribution in [1.82, 2.24) is 64.8 Å². The molecule has 3 unspecified atom stereocenters. The molecule has 0 aliphatic carbocycles. The average molecular weight is 1070 g/mol. The number of aromatic nitrogens is 12. The molecule has 18 nitrogen and oxygen atoms in total. The second kappa shape index (κ2) is 27.0. The van der Waals surface area contributed by atoms with Crippen LogP contribution in [0.25, 0.3) is 16.9 Å². The Hall–Kier alpha value is -5.47. The average Bonchev–Trinajstić information content (AvgIpc) is 4.19. The van der Waals surface area contributed by atoms with Crippen molar-refractivity contribution in [1.29, 1.82) is 0 Å². The molecule has 0 saturated heterocycles. The van der Waals surface area contributed by atoms with E-state index in [0.717, 1.165) is 53.3 Å². The Balaban J connectivity index is 0.000000242. The van der Waals surface area contributed by atoms with Gasteiger partial charge in [0.15, 0.2) is 51.6 Å². The third-order valence-corrected chi connectivity index (χ3v) is 13.5. The summed E-state index contributed by atoms with van der Waals surface area (Å²) < 4.78 is 26.5. The van der Waals surface area contributed by atoms with Gasteiger partial charge in [0.2, 0.25) is 0 Å². The van der Waals surface area contributed by atoms with Crippen molar-refractivity contribution in [3.8, 4) is 11.5 Å². The minimum Gasteiger partial charge on any atom is -0.508 e. The quantitative estimate of drug-likeness (QED) is 0.0379. The fourth-order valence-corrected chi connectivity index (χ4v) is 8.54. The Labute approximate surface area is 437 Å². The molecule has 2 aromatic carbocycles. The third-order valence-electron chi connectivity index (χ3n) is 11.7. The highest BCUT2D eigenvalue weighted by Crippen LogP contribution is 2.24. The van der Waals surface area contributed by atoms with Crippen LogP contribution in [0.4, 0.5) is 0 Å². The normalized spacial score (nSPS) is 12.8. The van der Waals surface area contributed by atoms with Crippen molar-refractivity contribution < 1.29 is 23.0 Å². The Morgan fingerprint density at radius 3 is 1.67 bits per heavy atom. The summed E-state index contributed by atoms with van der Waals surface area (Å²) >= 11 is 17.0. The highest BCUT2D eigenvalue weighted by Gasteiger charge is 2.23. The van der Waals surface area contributed by atoms with E-state index < -0.39 is 17.2 Å². The van der Waals surface area contributed by atoms with E-state index in [1.807, 2.05) is 64.1 Å². The van der Waals surface area contributed by atoms with Gasteiger partial charge in [-0.15, -0.1) is 15.3 Å². The molecule has 6 heterocycles. The minimum atomic E-state index is -1.32. The number of rotatable bonds is 23. The lowest BCUT2D eigenvalue weighted by Crippen LogP contribution is -2.43. The smallest absolute Gasteiger partial charge is 0.261 e. The summed E-state index contributed by atoms with van der Waals surface area (Å²) in [5, 5.41) is 36.2. The highest BCUT2D eigenvalue weighted by molar-refractivity contribution is 7.79. The highest BCUT2D eigenvalue weighted by atomic mass is 35.5. The summed E-state index contributed by atoms with van der Waals surface area (Å²) in [7, 11) is 0. The van der Waals surface area contributed by atoms with Crippen LogP contribution in [0.3, 0.4) is 0 Å². The van der Waals surface area contributed by atoms with E-state index in [0.29, 0.717) is 68.2 Å². The third kappa shape index (κ3) is 16.0. The van der Waals surface area contributed by atoms with Gasteiger partial charge in [-0.3, -0.25) is 24.3 Å². The first-order valence-corrected chi connectivity index (χ1v) is 27.2. The molecule has 22 heteroatoms. The molecule has 0 radical (unpaired) electrons. The van der Waals surface area contributed by atoms with Crippen LogP contribution < -0.4 is 10.1 Å². The molecular weight excluding hydrogens is 1000 g/mol. The Morgan fingerprint density at radius 1 is 0.694 bits per heavy atom. The maximum atomic E-state index is 13.5. The van der Waals surface area contributed by atoms with Crippen LogP contribution >= 0.6 is 34.8 Å². The number of hydrogen-bond acceptors (Lipinski definition) is 11. The number of H-pyrrole nitrogens is 3. The van der Waals surface area contributed by atoms with E-state index in [4.69, 9.17) is 43.7 Å². The number of carbonyl (C=O) groups is 1. The summed E-state index contributed by atoms with van der Waals surface area (Å²) in [5.74, 6) is 3.00. The van der Waals surface area contributed by atoms with Gasteiger partial charge in [-0.25, -0.2) is 19.2 Å². The van der Waals surface area contributed by atoms with Gasteiger partial charge in [0.25, 0.3) is 5.91 Å². The first-order chi connectivity index (χ1) is 34.5. The first kappa shape index (κ1) is 55.8. The predicted molar refractivity (Wildman–Crippen MR) is 284 cm³/mol. The van der Waals surface area contributed by atoms with Crippen LogP contribution in [-0.4, -0.2) is 93.1 Å². The summed E-state index contributed by atoms with van der Waals surface area (Å²) in [6.07, 6.45) is 15.1. The topological polar surface area (TPSA) is 223 Å². The van der Waals surface area contributed by atoms with Gasteiger partial charge in [-0.2, -0.15) is 13.9 Å². The second-order valence-corrected chi connectivity index (χ2v) is 20.6. The molecular formula is C50H68Cl3N13O5S. The number of fused-ring (bicyclic) bond motifs is 3. The number of ether oxygens (including phenoxy) is 1. The lowest BCUT2D eigenvalue weighted by atomic mass is 10.0. The number of amides is 1. The number of unbranched alkanes of at least 4 members (excludes halogenated alkanes) is 9. The molecule has 0 bridgehead atoms. The number of nitrogens with one attached hydrogen (secondary N) is 4. The van der Waals surface area contributed by atoms with Gasteiger partial charge in [0, 0.05) is 24.6 Å². The Morgan fingerprint density at radius 2 is 1.17 bits per heavy atom. The molecule has 8 aromatic rings. The van der Waals surface area contributed by atoms with Crippen molar-refractivity contribution in [2.45, 2.75) is 157 Å². The first-order valence-electron chi connectivity index (χ1n) is 24.6. The molecule has 0 saturated carbocycles. The fraction of sp³-hybridized carbons (Fsp3) is 0.500. The largest absolute Gasteiger partial charge is 0.508 e. The summed E-state index contributed by atoms with van der Waals surface area (Å²) in [6.45, 7) is 14.0. The number of aryl methyl sites for hydroxylation is 3. The van der Waals surface area contributed by atoms with Crippen LogP contribution in [-0.2, 0) is 39.5 Å². The fourth-order valence-electron chi connectivity index (χ4n) is 7.77. The number of carbonyl (C=O) groups excluding carboxylic acids is 1. The zero-order valence-corrected chi connectivity index (χ0v) is 45.5. The van der Waals surface area contributed by atoms with Gasteiger partial charge >= 0.3 is 0 Å². The molecule has 8 rings (SSSR count). The van der Waals surface area contributed by atoms with E-state index in [-0.39, 0.29) is 24.3 Å². The van der Waals surface area contributed by atoms with Crippen molar-refractivity contribution in [2.75, 3.05) is 6.26 Å². The molecule has 6 aromatic heterocycles. The SMILES string of the molecule is CCCCCCCCCCCCC(Oc1ccc(Cc2ccc(O)cc2)cc1)C(=O)NC(C)Cc1nc2c(Cl)c(C)[nH]n2n1.Cc1[nH]n2nc(C(C)C)nc2c1Cl.Cc1[nH]n2nc(COS(C)=O)nc2c1Cl. The van der Waals surface area contributed by atoms with E-state index in [1.54, 1.807) is 21.4 Å². The van der Waals surface area contributed by atoms with Gasteiger partial charge in [0.1, 0.15) is 33.2 Å². The number of phenolic OH excluding ortho intramolecular Hbond substituents is 1. The van der Waals surface area contributed by atoms with E-state index in [9.17, 15) is 14.1 Å². The molecule has 5 N–H and O–H groups in total. The van der Waals surface area contributed by atoms with Crippen LogP contribution in [0.15, 0.2) is 48.5 Å². The molecule has 0 spiro atoms. The molecule has 3 atom stereocenters. The van der Waals surface area contributed by atoms with Crippen LogP contribution in [0.1, 0.15) is 150 Å². The van der Waals surface area contributed by atoms with Crippen LogP contribution in [0, 0.1) is 20.8 Å². The lowest BCUT2D eigenvalue weighted by molar-refractivity contribution is -0.129. The molecule has 0 aliphatic heterocycles. The number of hydrogen-bond donors (Lipinski definition) is 5. The Bertz CT molecular complexity index is 2980. The number of phenols is 1. The number of aromatic hydroxyl groups is 1. The zero-order valence-electron chi connectivity index (χ0n) is 42.4. The van der Waals surface area contributed by atoms with Gasteiger partial charge in [0.05, 0.1) is 17.1 Å². The summed E-state index contributed by atoms with van der Waals surface area (Å²) in [5.41, 5.74) is 6.61. The standard InChI is InChI=1S/C35H48ClN5O3.C8H11ClN4.C7H9ClN4O2S/c1-4-5-6-7-8-9-10-11-12-13-14-31(44-30-21-17-28(18-22-30)24-27-15-19-29(42)20-16-27)35(43)37-25(2)23-32-38-34-33(36)26(3)39-41(34)40-32;1-4(2)7-10-8-6(9)5(3)11-13(8)12-7;1-4-6(8)7-9-5(3-14-15(2)13)11-12(7)10-4/h15-22,25,31,39,42H,4-14,23-24H2,1-3H3,(H,37,43);4,11H,1-3H3;10H,3H2,1-2H3. The molecule has 390 valence electrons. The zero-order chi connectivity index (χ0) is 51.9. The molecule has 0 fully saturated rings. The lowest BCUT2D eigenvalue weighted by Gasteiger charge is -2.21. The molecule has 0 aliphatic rings. The van der Waals surface area contributed by atoms with Gasteiger partial charge in [-0.05, 0) is 82.3 Å². The number of aromatic amines is 3. The van der Waals surface area contributed by atoms with Gasteiger partial charge in [-0.1, -0.05) is 138 Å².